The zero-order chi connectivity index (χ0) is 21.9. The van der Waals surface area contributed by atoms with Crippen LogP contribution in [0.3, 0.4) is 0 Å². The van der Waals surface area contributed by atoms with Gasteiger partial charge in [-0.15, -0.1) is 0 Å². The van der Waals surface area contributed by atoms with Gasteiger partial charge in [0.1, 0.15) is 5.82 Å². The summed E-state index contributed by atoms with van der Waals surface area (Å²) < 4.78 is 54.7. The quantitative estimate of drug-likeness (QED) is 0.678. The van der Waals surface area contributed by atoms with Gasteiger partial charge in [-0.05, 0) is 57.4 Å². The number of nitrogens with zero attached hydrogens (tertiary/aromatic N) is 4. The molecule has 3 heterocycles. The normalized spacial score (nSPS) is 23.6. The highest BCUT2D eigenvalue weighted by Gasteiger charge is 2.55. The summed E-state index contributed by atoms with van der Waals surface area (Å²) in [6, 6.07) is 6.17. The zero-order valence-electron chi connectivity index (χ0n) is 17.1. The number of carbonyl (C=O) groups excluding carboxylic acids is 1. The number of carbonyl (C=O) groups is 1. The second kappa shape index (κ2) is 6.72. The van der Waals surface area contributed by atoms with Crippen LogP contribution >= 0.6 is 0 Å². The van der Waals surface area contributed by atoms with Crippen LogP contribution in [0.5, 0.6) is 0 Å². The molecule has 0 radical (unpaired) electrons. The first-order valence-corrected chi connectivity index (χ1v) is 9.89. The van der Waals surface area contributed by atoms with Gasteiger partial charge in [-0.25, -0.2) is 4.39 Å². The first-order chi connectivity index (χ1) is 13.9. The van der Waals surface area contributed by atoms with Crippen molar-refractivity contribution in [3.63, 3.8) is 0 Å². The van der Waals surface area contributed by atoms with Crippen LogP contribution in [0.15, 0.2) is 30.5 Å². The van der Waals surface area contributed by atoms with Gasteiger partial charge in [-0.3, -0.25) is 9.48 Å². The summed E-state index contributed by atoms with van der Waals surface area (Å²) in [5, 5.41) is 3.49. The number of hydrogen-bond acceptors (Lipinski definition) is 3. The van der Waals surface area contributed by atoms with Crippen LogP contribution in [-0.2, 0) is 13.2 Å². The van der Waals surface area contributed by atoms with Crippen molar-refractivity contribution < 1.29 is 22.4 Å². The van der Waals surface area contributed by atoms with Gasteiger partial charge in [-0.2, -0.15) is 18.3 Å². The lowest BCUT2D eigenvalue weighted by atomic mass is 9.87. The number of halogens is 4. The number of aryl methyl sites for hydroxylation is 1. The van der Waals surface area contributed by atoms with E-state index in [-0.39, 0.29) is 11.4 Å². The fourth-order valence-electron chi connectivity index (χ4n) is 5.13. The molecular weight excluding hydrogens is 400 g/mol. The van der Waals surface area contributed by atoms with Crippen LogP contribution in [0.1, 0.15) is 49.2 Å². The standard InChI is InChI=1S/C21H24F4N4O/c1-19(2)12-20(13-29(19)15-7-5-14(22)6-8-15)9-4-10-28(20)18(30)16-11-27(3)26-17(16)21(23,24)25/h5-8,11H,4,9-10,12-13H2,1-3H3. The Labute approximate surface area is 172 Å². The Balaban J connectivity index is 1.69. The first kappa shape index (κ1) is 20.7. The number of aromatic nitrogens is 2. The summed E-state index contributed by atoms with van der Waals surface area (Å²) in [6.07, 6.45) is -1.50. The predicted molar refractivity (Wildman–Crippen MR) is 104 cm³/mol. The molecule has 5 nitrogen and oxygen atoms in total. The number of likely N-dealkylation sites (tertiary alicyclic amines) is 1. The lowest BCUT2D eigenvalue weighted by Gasteiger charge is -2.35. The van der Waals surface area contributed by atoms with Crippen molar-refractivity contribution in [2.24, 2.45) is 7.05 Å². The topological polar surface area (TPSA) is 41.4 Å². The van der Waals surface area contributed by atoms with E-state index in [1.165, 1.54) is 19.2 Å². The van der Waals surface area contributed by atoms with E-state index in [1.807, 2.05) is 13.8 Å². The predicted octanol–water partition coefficient (Wildman–Crippen LogP) is 4.24. The molecule has 1 atom stereocenters. The minimum absolute atomic E-state index is 0.334. The molecule has 2 aliphatic rings. The Bertz CT molecular complexity index is 966. The molecule has 1 aromatic heterocycles. The number of benzene rings is 1. The maximum Gasteiger partial charge on any atom is 0.435 e. The average molecular weight is 424 g/mol. The molecular formula is C21H24F4N4O. The molecule has 2 aliphatic heterocycles. The van der Waals surface area contributed by atoms with Crippen molar-refractivity contribution in [1.29, 1.82) is 0 Å². The van der Waals surface area contributed by atoms with Crippen LogP contribution in [0, 0.1) is 5.82 Å². The highest BCUT2D eigenvalue weighted by molar-refractivity contribution is 5.96. The molecule has 2 fully saturated rings. The van der Waals surface area contributed by atoms with E-state index in [2.05, 4.69) is 10.00 Å². The van der Waals surface area contributed by atoms with Crippen LogP contribution in [0.2, 0.25) is 0 Å². The number of hydrogen-bond donors (Lipinski definition) is 0. The van der Waals surface area contributed by atoms with E-state index >= 15 is 0 Å². The van der Waals surface area contributed by atoms with Gasteiger partial charge in [0.25, 0.3) is 5.91 Å². The van der Waals surface area contributed by atoms with Crippen molar-refractivity contribution >= 4 is 11.6 Å². The van der Waals surface area contributed by atoms with E-state index < -0.39 is 28.9 Å². The first-order valence-electron chi connectivity index (χ1n) is 9.89. The third kappa shape index (κ3) is 3.33. The van der Waals surface area contributed by atoms with E-state index in [0.717, 1.165) is 23.0 Å². The Morgan fingerprint density at radius 2 is 1.83 bits per heavy atom. The van der Waals surface area contributed by atoms with Crippen LogP contribution in [0.4, 0.5) is 23.2 Å². The van der Waals surface area contributed by atoms with Crippen molar-refractivity contribution in [3.05, 3.63) is 47.5 Å². The van der Waals surface area contributed by atoms with Crippen molar-refractivity contribution in [3.8, 4) is 0 Å². The van der Waals surface area contributed by atoms with Gasteiger partial charge in [0.2, 0.25) is 0 Å². The molecule has 1 aromatic carbocycles. The van der Waals surface area contributed by atoms with Crippen LogP contribution in [-0.4, -0.2) is 44.8 Å². The maximum atomic E-state index is 13.4. The lowest BCUT2D eigenvalue weighted by Crippen LogP contribution is -2.49. The van der Waals surface area contributed by atoms with Crippen LogP contribution in [0.25, 0.3) is 0 Å². The third-order valence-corrected chi connectivity index (χ3v) is 6.25. The highest BCUT2D eigenvalue weighted by atomic mass is 19.4. The monoisotopic (exact) mass is 424 g/mol. The molecule has 30 heavy (non-hydrogen) atoms. The second-order valence-corrected chi connectivity index (χ2v) is 8.90. The molecule has 162 valence electrons. The fourth-order valence-corrected chi connectivity index (χ4v) is 5.13. The maximum absolute atomic E-state index is 13.4. The molecule has 0 bridgehead atoms. The second-order valence-electron chi connectivity index (χ2n) is 8.90. The summed E-state index contributed by atoms with van der Waals surface area (Å²) in [5.41, 5.74) is -1.65. The van der Waals surface area contributed by atoms with Gasteiger partial charge in [0.05, 0.1) is 11.1 Å². The van der Waals surface area contributed by atoms with Gasteiger partial charge in [0.15, 0.2) is 5.69 Å². The lowest BCUT2D eigenvalue weighted by molar-refractivity contribution is -0.141. The van der Waals surface area contributed by atoms with E-state index in [9.17, 15) is 22.4 Å². The van der Waals surface area contributed by atoms with Crippen molar-refractivity contribution in [1.82, 2.24) is 14.7 Å². The molecule has 0 saturated carbocycles. The van der Waals surface area contributed by atoms with Gasteiger partial charge < -0.3 is 9.80 Å². The molecule has 4 rings (SSSR count). The summed E-state index contributed by atoms with van der Waals surface area (Å²) in [4.78, 5) is 17.0. The Morgan fingerprint density at radius 1 is 1.17 bits per heavy atom. The van der Waals surface area contributed by atoms with Gasteiger partial charge in [-0.1, -0.05) is 0 Å². The SMILES string of the molecule is Cn1cc(C(=O)N2CCCC23CN(c2ccc(F)cc2)C(C)(C)C3)c(C(F)(F)F)n1. The minimum atomic E-state index is -4.70. The van der Waals surface area contributed by atoms with Gasteiger partial charge in [0, 0.05) is 37.6 Å². The van der Waals surface area contributed by atoms with E-state index in [4.69, 9.17) is 0 Å². The average Bonchev–Trinajstić information content (AvgIpc) is 3.30. The summed E-state index contributed by atoms with van der Waals surface area (Å²) in [6.45, 7) is 4.96. The van der Waals surface area contributed by atoms with Crippen molar-refractivity contribution in [2.75, 3.05) is 18.0 Å². The summed E-state index contributed by atoms with van der Waals surface area (Å²) >= 11 is 0. The molecule has 1 spiro atoms. The smallest absolute Gasteiger partial charge is 0.364 e. The van der Waals surface area contributed by atoms with Crippen molar-refractivity contribution in [2.45, 2.75) is 50.4 Å². The molecule has 1 unspecified atom stereocenters. The number of amides is 1. The molecule has 9 heteroatoms. The molecule has 2 saturated heterocycles. The Kier molecular flexibility index (Phi) is 4.63. The third-order valence-electron chi connectivity index (χ3n) is 6.25. The summed E-state index contributed by atoms with van der Waals surface area (Å²) in [7, 11) is 1.38. The molecule has 2 aromatic rings. The van der Waals surface area contributed by atoms with E-state index in [1.54, 1.807) is 17.0 Å². The molecule has 1 amide bonds. The molecule has 0 aliphatic carbocycles. The van der Waals surface area contributed by atoms with Gasteiger partial charge >= 0.3 is 6.18 Å². The zero-order valence-corrected chi connectivity index (χ0v) is 17.1. The number of rotatable bonds is 2. The number of alkyl halides is 3. The minimum Gasteiger partial charge on any atom is -0.364 e. The van der Waals surface area contributed by atoms with E-state index in [0.29, 0.717) is 25.9 Å². The Morgan fingerprint density at radius 3 is 2.47 bits per heavy atom. The highest BCUT2D eigenvalue weighted by Crippen LogP contribution is 2.47. The summed E-state index contributed by atoms with van der Waals surface area (Å²) in [5.74, 6) is -0.968. The largest absolute Gasteiger partial charge is 0.435 e. The molecule has 0 N–H and O–H groups in total. The van der Waals surface area contributed by atoms with Crippen LogP contribution < -0.4 is 4.90 Å². The number of anilines is 1. The Hall–Kier alpha value is -2.58. The fraction of sp³-hybridized carbons (Fsp3) is 0.524.